The van der Waals surface area contributed by atoms with Crippen molar-refractivity contribution < 1.29 is 14.3 Å². The largest absolute Gasteiger partial charge is 0.459 e. The number of amides is 1. The second-order valence-electron chi connectivity index (χ2n) is 7.30. The van der Waals surface area contributed by atoms with Crippen LogP contribution < -0.4 is 5.32 Å². The van der Waals surface area contributed by atoms with Crippen molar-refractivity contribution in [3.05, 3.63) is 65.2 Å². The molecule has 0 spiro atoms. The predicted octanol–water partition coefficient (Wildman–Crippen LogP) is 5.64. The Bertz CT molecular complexity index is 1050. The molecule has 0 bridgehead atoms. The minimum absolute atomic E-state index is 0.178. The highest BCUT2D eigenvalue weighted by molar-refractivity contribution is 7.22. The number of rotatable bonds is 6. The maximum absolute atomic E-state index is 12.2. The summed E-state index contributed by atoms with van der Waals surface area (Å²) in [5.74, 6) is -0.146. The van der Waals surface area contributed by atoms with Crippen LogP contribution >= 0.6 is 11.3 Å². The molecule has 3 aromatic rings. The number of hydrogen-bond donors (Lipinski definition) is 1. The lowest BCUT2D eigenvalue weighted by molar-refractivity contribution is -0.111. The number of ether oxygens (including phenoxy) is 1. The molecule has 29 heavy (non-hydrogen) atoms. The molecule has 5 nitrogen and oxygen atoms in total. The van der Waals surface area contributed by atoms with Crippen LogP contribution in [0.15, 0.2) is 48.5 Å². The van der Waals surface area contributed by atoms with Gasteiger partial charge < -0.3 is 4.74 Å². The van der Waals surface area contributed by atoms with Crippen LogP contribution in [0.4, 0.5) is 5.13 Å². The van der Waals surface area contributed by atoms with E-state index < -0.39 is 0 Å². The van der Waals surface area contributed by atoms with Crippen molar-refractivity contribution in [2.75, 3.05) is 5.32 Å². The standard InChI is InChI=1S/C23H24N2O3S/c1-14(2)17-8-5-16(6-9-17)7-12-21(26)25-23-24-19-11-10-18(13-20(19)29-23)22(27)28-15(3)4/h5-15H,1-4H3,(H,24,25,26)/b12-7+. The van der Waals surface area contributed by atoms with Crippen molar-refractivity contribution in [3.8, 4) is 0 Å². The number of esters is 1. The smallest absolute Gasteiger partial charge is 0.338 e. The van der Waals surface area contributed by atoms with Gasteiger partial charge in [-0.2, -0.15) is 0 Å². The van der Waals surface area contributed by atoms with Crippen LogP contribution in [0.3, 0.4) is 0 Å². The normalized spacial score (nSPS) is 11.5. The zero-order valence-electron chi connectivity index (χ0n) is 16.9. The molecule has 0 saturated heterocycles. The van der Waals surface area contributed by atoms with Crippen molar-refractivity contribution in [2.45, 2.75) is 39.7 Å². The fourth-order valence-corrected chi connectivity index (χ4v) is 3.61. The lowest BCUT2D eigenvalue weighted by atomic mass is 10.0. The molecule has 6 heteroatoms. The summed E-state index contributed by atoms with van der Waals surface area (Å²) in [5, 5.41) is 3.26. The Morgan fingerprint density at radius 3 is 2.45 bits per heavy atom. The fraction of sp³-hybridized carbons (Fsp3) is 0.261. The van der Waals surface area contributed by atoms with Crippen molar-refractivity contribution in [2.24, 2.45) is 0 Å². The maximum Gasteiger partial charge on any atom is 0.338 e. The first-order chi connectivity index (χ1) is 13.8. The molecule has 0 atom stereocenters. The third-order valence-corrected chi connectivity index (χ3v) is 5.16. The van der Waals surface area contributed by atoms with Gasteiger partial charge in [-0.1, -0.05) is 49.4 Å². The van der Waals surface area contributed by atoms with Crippen LogP contribution in [-0.2, 0) is 9.53 Å². The Morgan fingerprint density at radius 1 is 1.07 bits per heavy atom. The van der Waals surface area contributed by atoms with E-state index in [1.54, 1.807) is 24.3 Å². The summed E-state index contributed by atoms with van der Waals surface area (Å²) in [6.07, 6.45) is 3.08. The molecule has 0 aliphatic carbocycles. The molecule has 0 unspecified atom stereocenters. The predicted molar refractivity (Wildman–Crippen MR) is 118 cm³/mol. The lowest BCUT2D eigenvalue weighted by Gasteiger charge is -2.07. The van der Waals surface area contributed by atoms with Crippen molar-refractivity contribution in [3.63, 3.8) is 0 Å². The number of hydrogen-bond acceptors (Lipinski definition) is 5. The first kappa shape index (κ1) is 20.7. The summed E-state index contributed by atoms with van der Waals surface area (Å²) in [6.45, 7) is 7.91. The lowest BCUT2D eigenvalue weighted by Crippen LogP contribution is -2.11. The minimum Gasteiger partial charge on any atom is -0.459 e. The summed E-state index contributed by atoms with van der Waals surface area (Å²) in [4.78, 5) is 28.7. The molecule has 1 heterocycles. The zero-order chi connectivity index (χ0) is 21.0. The molecule has 0 aliphatic heterocycles. The summed E-state index contributed by atoms with van der Waals surface area (Å²) in [6, 6.07) is 13.3. The SMILES string of the molecule is CC(C)OC(=O)c1ccc2nc(NC(=O)/C=C/c3ccc(C(C)C)cc3)sc2c1. The zero-order valence-corrected chi connectivity index (χ0v) is 17.7. The Balaban J connectivity index is 1.67. The van der Waals surface area contributed by atoms with Gasteiger partial charge in [-0.3, -0.25) is 10.1 Å². The van der Waals surface area contributed by atoms with Gasteiger partial charge in [-0.25, -0.2) is 9.78 Å². The Hall–Kier alpha value is -2.99. The number of carbonyl (C=O) groups is 2. The topological polar surface area (TPSA) is 68.3 Å². The minimum atomic E-state index is -0.368. The van der Waals surface area contributed by atoms with Gasteiger partial charge in [0.25, 0.3) is 0 Å². The molecule has 2 aromatic carbocycles. The van der Waals surface area contributed by atoms with E-state index in [1.807, 2.05) is 26.0 Å². The molecule has 0 radical (unpaired) electrons. The number of anilines is 1. The van der Waals surface area contributed by atoms with Crippen molar-refractivity contribution in [1.29, 1.82) is 0 Å². The fourth-order valence-electron chi connectivity index (χ4n) is 2.70. The van der Waals surface area contributed by atoms with Gasteiger partial charge in [0.1, 0.15) is 0 Å². The van der Waals surface area contributed by atoms with Gasteiger partial charge in [-0.15, -0.1) is 0 Å². The van der Waals surface area contributed by atoms with Gasteiger partial charge in [0.15, 0.2) is 5.13 Å². The summed E-state index contributed by atoms with van der Waals surface area (Å²) >= 11 is 1.32. The second kappa shape index (κ2) is 9.01. The first-order valence-electron chi connectivity index (χ1n) is 9.52. The van der Waals surface area contributed by atoms with Gasteiger partial charge in [0.2, 0.25) is 5.91 Å². The third kappa shape index (κ3) is 5.51. The van der Waals surface area contributed by atoms with Crippen LogP contribution in [0.1, 0.15) is 55.1 Å². The Kier molecular flexibility index (Phi) is 6.44. The quantitative estimate of drug-likeness (QED) is 0.423. The molecular formula is C23H24N2O3S. The summed E-state index contributed by atoms with van der Waals surface area (Å²) in [5.41, 5.74) is 3.41. The number of carbonyl (C=O) groups excluding carboxylic acids is 2. The van der Waals surface area contributed by atoms with E-state index in [0.717, 1.165) is 15.8 Å². The highest BCUT2D eigenvalue weighted by Crippen LogP contribution is 2.27. The van der Waals surface area contributed by atoms with E-state index in [4.69, 9.17) is 4.74 Å². The monoisotopic (exact) mass is 408 g/mol. The number of benzene rings is 2. The van der Waals surface area contributed by atoms with E-state index in [0.29, 0.717) is 16.6 Å². The number of nitrogens with one attached hydrogen (secondary N) is 1. The molecule has 1 aromatic heterocycles. The Morgan fingerprint density at radius 2 is 1.79 bits per heavy atom. The number of fused-ring (bicyclic) bond motifs is 1. The van der Waals surface area contributed by atoms with Crippen LogP contribution in [0, 0.1) is 0 Å². The number of aromatic nitrogens is 1. The first-order valence-corrected chi connectivity index (χ1v) is 10.3. The van der Waals surface area contributed by atoms with E-state index in [-0.39, 0.29) is 18.0 Å². The van der Waals surface area contributed by atoms with E-state index in [9.17, 15) is 9.59 Å². The van der Waals surface area contributed by atoms with Crippen molar-refractivity contribution in [1.82, 2.24) is 4.98 Å². The van der Waals surface area contributed by atoms with E-state index in [1.165, 1.54) is 23.0 Å². The molecule has 0 aliphatic rings. The van der Waals surface area contributed by atoms with Gasteiger partial charge in [-0.05, 0) is 55.2 Å². The number of thiazole rings is 1. The van der Waals surface area contributed by atoms with Crippen molar-refractivity contribution >= 4 is 44.6 Å². The van der Waals surface area contributed by atoms with Crippen LogP contribution in [-0.4, -0.2) is 23.0 Å². The highest BCUT2D eigenvalue weighted by Gasteiger charge is 2.12. The highest BCUT2D eigenvalue weighted by atomic mass is 32.1. The summed E-state index contributed by atoms with van der Waals surface area (Å²) < 4.78 is 6.03. The number of nitrogens with zero attached hydrogens (tertiary/aromatic N) is 1. The van der Waals surface area contributed by atoms with E-state index >= 15 is 0 Å². The summed E-state index contributed by atoms with van der Waals surface area (Å²) in [7, 11) is 0. The molecule has 0 fully saturated rings. The molecule has 150 valence electrons. The van der Waals surface area contributed by atoms with Crippen LogP contribution in [0.25, 0.3) is 16.3 Å². The average Bonchev–Trinajstić information content (AvgIpc) is 3.07. The maximum atomic E-state index is 12.2. The van der Waals surface area contributed by atoms with Gasteiger partial charge in [0.05, 0.1) is 21.9 Å². The Labute approximate surface area is 174 Å². The molecule has 1 amide bonds. The second-order valence-corrected chi connectivity index (χ2v) is 8.33. The molecular weight excluding hydrogens is 384 g/mol. The third-order valence-electron chi connectivity index (χ3n) is 4.23. The van der Waals surface area contributed by atoms with Crippen LogP contribution in [0.2, 0.25) is 0 Å². The van der Waals surface area contributed by atoms with Crippen LogP contribution in [0.5, 0.6) is 0 Å². The van der Waals surface area contributed by atoms with Gasteiger partial charge in [0, 0.05) is 6.08 Å². The molecule has 0 saturated carbocycles. The molecule has 1 N–H and O–H groups in total. The molecule has 3 rings (SSSR count). The van der Waals surface area contributed by atoms with E-state index in [2.05, 4.69) is 36.3 Å². The van der Waals surface area contributed by atoms with Gasteiger partial charge >= 0.3 is 5.97 Å². The average molecular weight is 409 g/mol.